The second-order valence-corrected chi connectivity index (χ2v) is 2.50. The van der Waals surface area contributed by atoms with E-state index >= 15 is 0 Å². The molecule has 0 heteroatoms. The largest absolute Gasteiger partial charge is 0.0683 e. The van der Waals surface area contributed by atoms with E-state index in [0.29, 0.717) is 0 Å². The molecule has 0 saturated heterocycles. The van der Waals surface area contributed by atoms with Crippen LogP contribution in [0.15, 0.2) is 0 Å². The zero-order valence-corrected chi connectivity index (χ0v) is 7.33. The first-order valence-corrected chi connectivity index (χ1v) is 4.41. The third kappa shape index (κ3) is 2.88. The highest BCUT2D eigenvalue weighted by Crippen LogP contribution is 2.65. The second-order valence-electron chi connectivity index (χ2n) is 2.50. The van der Waals surface area contributed by atoms with Crippen LogP contribution in [0.1, 0.15) is 53.4 Å². The third-order valence-electron chi connectivity index (χ3n) is 1.91. The van der Waals surface area contributed by atoms with Crippen LogP contribution in [-0.2, 0) is 0 Å². The SMILES string of the molecule is C1CC12CC2.CC.CC. The Labute approximate surface area is 59.7 Å². The fourth-order valence-electron chi connectivity index (χ4n) is 0.854. The van der Waals surface area contributed by atoms with Gasteiger partial charge in [-0.3, -0.25) is 0 Å². The van der Waals surface area contributed by atoms with E-state index in [-0.39, 0.29) is 0 Å². The Bertz CT molecular complexity index is 42.9. The second kappa shape index (κ2) is 3.92. The smallest absolute Gasteiger partial charge is 0.0297 e. The van der Waals surface area contributed by atoms with Gasteiger partial charge >= 0.3 is 0 Å². The maximum atomic E-state index is 2.00. The zero-order valence-electron chi connectivity index (χ0n) is 7.33. The number of hydrogen-bond donors (Lipinski definition) is 0. The molecule has 0 aromatic heterocycles. The standard InChI is InChI=1S/C5H8.2C2H6/c1-2-5(1)3-4-5;2*1-2/h1-4H2;2*1-2H3. The van der Waals surface area contributed by atoms with E-state index in [2.05, 4.69) is 0 Å². The summed E-state index contributed by atoms with van der Waals surface area (Å²) in [7, 11) is 0. The van der Waals surface area contributed by atoms with E-state index in [4.69, 9.17) is 0 Å². The molecule has 1 spiro atoms. The van der Waals surface area contributed by atoms with Gasteiger partial charge in [-0.05, 0) is 31.1 Å². The molecule has 2 aliphatic carbocycles. The van der Waals surface area contributed by atoms with E-state index in [1.807, 2.05) is 27.7 Å². The van der Waals surface area contributed by atoms with Gasteiger partial charge in [-0.25, -0.2) is 0 Å². The Morgan fingerprint density at radius 1 is 0.667 bits per heavy atom. The van der Waals surface area contributed by atoms with Crippen molar-refractivity contribution in [3.05, 3.63) is 0 Å². The summed E-state index contributed by atoms with van der Waals surface area (Å²) in [5.74, 6) is 0. The van der Waals surface area contributed by atoms with Crippen LogP contribution in [0, 0.1) is 5.41 Å². The summed E-state index contributed by atoms with van der Waals surface area (Å²) in [5, 5.41) is 0. The highest BCUT2D eigenvalue weighted by atomic mass is 14.6. The van der Waals surface area contributed by atoms with Gasteiger partial charge in [0.1, 0.15) is 0 Å². The summed E-state index contributed by atoms with van der Waals surface area (Å²) in [5.41, 5.74) is 1.00. The van der Waals surface area contributed by atoms with Crippen LogP contribution in [0.25, 0.3) is 0 Å². The van der Waals surface area contributed by atoms with Gasteiger partial charge in [-0.2, -0.15) is 0 Å². The maximum absolute atomic E-state index is 2.00. The van der Waals surface area contributed by atoms with Crippen molar-refractivity contribution in [1.29, 1.82) is 0 Å². The van der Waals surface area contributed by atoms with Crippen molar-refractivity contribution in [3.8, 4) is 0 Å². The first-order valence-electron chi connectivity index (χ1n) is 4.41. The first-order chi connectivity index (χ1) is 4.41. The van der Waals surface area contributed by atoms with Crippen LogP contribution >= 0.6 is 0 Å². The van der Waals surface area contributed by atoms with Gasteiger partial charge in [-0.1, -0.05) is 27.7 Å². The maximum Gasteiger partial charge on any atom is -0.0297 e. The predicted octanol–water partition coefficient (Wildman–Crippen LogP) is 3.61. The average molecular weight is 128 g/mol. The van der Waals surface area contributed by atoms with Crippen LogP contribution in [-0.4, -0.2) is 0 Å². The Morgan fingerprint density at radius 3 is 0.889 bits per heavy atom. The molecule has 0 bridgehead atoms. The molecule has 0 aliphatic heterocycles. The summed E-state index contributed by atoms with van der Waals surface area (Å²) in [4.78, 5) is 0. The molecule has 9 heavy (non-hydrogen) atoms. The highest BCUT2D eigenvalue weighted by Gasteiger charge is 2.52. The molecule has 0 radical (unpaired) electrons. The molecule has 0 atom stereocenters. The van der Waals surface area contributed by atoms with Crippen molar-refractivity contribution < 1.29 is 0 Å². The van der Waals surface area contributed by atoms with E-state index in [1.54, 1.807) is 25.7 Å². The Morgan fingerprint density at radius 2 is 0.889 bits per heavy atom. The van der Waals surface area contributed by atoms with Gasteiger partial charge in [0, 0.05) is 0 Å². The molecule has 0 aromatic rings. The minimum Gasteiger partial charge on any atom is -0.0683 e. The van der Waals surface area contributed by atoms with E-state index < -0.39 is 0 Å². The van der Waals surface area contributed by atoms with Gasteiger partial charge in [-0.15, -0.1) is 0 Å². The van der Waals surface area contributed by atoms with Crippen LogP contribution < -0.4 is 0 Å². The highest BCUT2D eigenvalue weighted by molar-refractivity contribution is 5.04. The van der Waals surface area contributed by atoms with Crippen LogP contribution in [0.4, 0.5) is 0 Å². The molecule has 0 unspecified atom stereocenters. The van der Waals surface area contributed by atoms with Crippen molar-refractivity contribution in [2.24, 2.45) is 5.41 Å². The molecule has 2 rings (SSSR count). The molecular formula is C9H20. The lowest BCUT2D eigenvalue weighted by atomic mass is 10.5. The fourth-order valence-corrected chi connectivity index (χ4v) is 0.854. The average Bonchev–Trinajstić information content (AvgIpc) is 2.86. The molecule has 0 nitrogen and oxygen atoms in total. The van der Waals surface area contributed by atoms with E-state index in [0.717, 1.165) is 5.41 Å². The zero-order chi connectivity index (χ0) is 7.33. The van der Waals surface area contributed by atoms with Crippen LogP contribution in [0.5, 0.6) is 0 Å². The van der Waals surface area contributed by atoms with Gasteiger partial charge in [0.05, 0.1) is 0 Å². The quantitative estimate of drug-likeness (QED) is 0.467. The minimum atomic E-state index is 1.00. The summed E-state index contributed by atoms with van der Waals surface area (Å²) >= 11 is 0. The van der Waals surface area contributed by atoms with E-state index in [1.165, 1.54) is 0 Å². The number of hydrogen-bond acceptors (Lipinski definition) is 0. The van der Waals surface area contributed by atoms with Crippen molar-refractivity contribution >= 4 is 0 Å². The van der Waals surface area contributed by atoms with Crippen molar-refractivity contribution in [2.45, 2.75) is 53.4 Å². The van der Waals surface area contributed by atoms with Crippen LogP contribution in [0.2, 0.25) is 0 Å². The molecule has 0 amide bonds. The number of rotatable bonds is 0. The minimum absolute atomic E-state index is 1.00. The fraction of sp³-hybridized carbons (Fsp3) is 1.00. The monoisotopic (exact) mass is 128 g/mol. The molecule has 2 saturated carbocycles. The molecule has 0 heterocycles. The van der Waals surface area contributed by atoms with Crippen LogP contribution in [0.3, 0.4) is 0 Å². The molecule has 2 aliphatic rings. The van der Waals surface area contributed by atoms with Gasteiger partial charge in [0.25, 0.3) is 0 Å². The third-order valence-corrected chi connectivity index (χ3v) is 1.91. The summed E-state index contributed by atoms with van der Waals surface area (Å²) < 4.78 is 0. The van der Waals surface area contributed by atoms with Gasteiger partial charge in [0.2, 0.25) is 0 Å². The summed E-state index contributed by atoms with van der Waals surface area (Å²) in [6, 6.07) is 0. The lowest BCUT2D eigenvalue weighted by molar-refractivity contribution is 0.898. The van der Waals surface area contributed by atoms with Crippen molar-refractivity contribution in [3.63, 3.8) is 0 Å². The topological polar surface area (TPSA) is 0 Å². The van der Waals surface area contributed by atoms with Gasteiger partial charge in [0.15, 0.2) is 0 Å². The molecule has 2 fully saturated rings. The summed E-state index contributed by atoms with van der Waals surface area (Å²) in [6.07, 6.45) is 6.25. The lowest BCUT2D eigenvalue weighted by Crippen LogP contribution is -1.51. The Hall–Kier alpha value is 0. The normalized spacial score (nSPS) is 22.7. The summed E-state index contributed by atoms with van der Waals surface area (Å²) in [6.45, 7) is 8.00. The van der Waals surface area contributed by atoms with Crippen molar-refractivity contribution in [2.75, 3.05) is 0 Å². The van der Waals surface area contributed by atoms with E-state index in [9.17, 15) is 0 Å². The molecular weight excluding hydrogens is 108 g/mol. The molecule has 56 valence electrons. The Balaban J connectivity index is 0.000000143. The first kappa shape index (κ1) is 9.00. The molecule has 0 N–H and O–H groups in total. The molecule has 0 aromatic carbocycles. The predicted molar refractivity (Wildman–Crippen MR) is 43.6 cm³/mol. The van der Waals surface area contributed by atoms with Crippen molar-refractivity contribution in [1.82, 2.24) is 0 Å². The Kier molecular flexibility index (Phi) is 3.92. The lowest BCUT2D eigenvalue weighted by Gasteiger charge is -1.60. The van der Waals surface area contributed by atoms with Gasteiger partial charge < -0.3 is 0 Å².